The van der Waals surface area contributed by atoms with Gasteiger partial charge in [-0.3, -0.25) is 5.10 Å². The Morgan fingerprint density at radius 1 is 1.31 bits per heavy atom. The van der Waals surface area contributed by atoms with E-state index in [1.807, 2.05) is 5.10 Å². The number of alkyl halides is 3. The Morgan fingerprint density at radius 2 is 2.00 bits per heavy atom. The van der Waals surface area contributed by atoms with Crippen molar-refractivity contribution in [1.29, 1.82) is 0 Å². The molecule has 1 fully saturated rings. The van der Waals surface area contributed by atoms with Gasteiger partial charge >= 0.3 is 6.18 Å². The fourth-order valence-electron chi connectivity index (χ4n) is 3.03. The zero-order valence-electron chi connectivity index (χ0n) is 15.6. The summed E-state index contributed by atoms with van der Waals surface area (Å²) >= 11 is 0. The first-order valence-corrected chi connectivity index (χ1v) is 8.80. The largest absolute Gasteiger partial charge is 0.497 e. The fourth-order valence-corrected chi connectivity index (χ4v) is 3.03. The van der Waals surface area contributed by atoms with E-state index in [0.29, 0.717) is 11.3 Å². The molecular formula is C19H21F3N2O5. The molecule has 158 valence electrons. The fraction of sp³-hybridized carbons (Fsp3) is 0.421. The van der Waals surface area contributed by atoms with Crippen LogP contribution in [-0.4, -0.2) is 52.6 Å². The number of hydrogen-bond donors (Lipinski definition) is 3. The Hall–Kier alpha value is -2.56. The molecule has 0 bridgehead atoms. The molecule has 1 aromatic carbocycles. The zero-order valence-corrected chi connectivity index (χ0v) is 15.6. The van der Waals surface area contributed by atoms with Gasteiger partial charge in [0.15, 0.2) is 0 Å². The van der Waals surface area contributed by atoms with Crippen LogP contribution in [0.1, 0.15) is 23.2 Å². The van der Waals surface area contributed by atoms with E-state index >= 15 is 0 Å². The van der Waals surface area contributed by atoms with E-state index in [1.54, 1.807) is 24.3 Å². The highest BCUT2D eigenvalue weighted by Crippen LogP contribution is 2.37. The minimum absolute atomic E-state index is 0.0501. The van der Waals surface area contributed by atoms with Gasteiger partial charge in [0.25, 0.3) is 0 Å². The summed E-state index contributed by atoms with van der Waals surface area (Å²) in [5.41, 5.74) is -0.342. The lowest BCUT2D eigenvalue weighted by atomic mass is 10.00. The summed E-state index contributed by atoms with van der Waals surface area (Å²) in [4.78, 5) is 0. The molecule has 29 heavy (non-hydrogen) atoms. The van der Waals surface area contributed by atoms with Gasteiger partial charge in [-0.05, 0) is 23.3 Å². The summed E-state index contributed by atoms with van der Waals surface area (Å²) in [5.74, 6) is 0.294. The molecule has 3 N–H and O–H groups in total. The van der Waals surface area contributed by atoms with Gasteiger partial charge in [-0.2, -0.15) is 13.2 Å². The molecule has 0 saturated carbocycles. The van der Waals surface area contributed by atoms with Crippen LogP contribution in [0.25, 0.3) is 0 Å². The molecule has 1 saturated heterocycles. The molecule has 10 heteroatoms. The second-order valence-corrected chi connectivity index (χ2v) is 6.59. The van der Waals surface area contributed by atoms with Gasteiger partial charge in [0, 0.05) is 12.8 Å². The first kappa shape index (κ1) is 21.2. The van der Waals surface area contributed by atoms with Crippen molar-refractivity contribution in [2.45, 2.75) is 37.5 Å². The summed E-state index contributed by atoms with van der Waals surface area (Å²) in [6, 6.07) is 6.56. The number of benzene rings is 1. The first-order chi connectivity index (χ1) is 13.7. The van der Waals surface area contributed by atoms with Crippen molar-refractivity contribution < 1.29 is 37.6 Å². The summed E-state index contributed by atoms with van der Waals surface area (Å²) in [6.07, 6.45) is -7.80. The number of ether oxygens (including phenoxy) is 3. The number of nitrogens with zero attached hydrogens (tertiary/aromatic N) is 1. The van der Waals surface area contributed by atoms with Crippen molar-refractivity contribution in [3.63, 3.8) is 0 Å². The molecule has 0 amide bonds. The molecule has 2 heterocycles. The number of aromatic nitrogens is 2. The number of aliphatic hydroxyl groups is 2. The molecule has 1 aliphatic heterocycles. The maximum absolute atomic E-state index is 13.4. The molecule has 0 radical (unpaired) electrons. The van der Waals surface area contributed by atoms with Crippen molar-refractivity contribution in [3.8, 4) is 11.6 Å². The Balaban J connectivity index is 1.86. The van der Waals surface area contributed by atoms with Gasteiger partial charge < -0.3 is 24.4 Å². The van der Waals surface area contributed by atoms with Crippen LogP contribution in [0, 0.1) is 0 Å². The van der Waals surface area contributed by atoms with Crippen LogP contribution in [0.2, 0.25) is 0 Å². The highest BCUT2D eigenvalue weighted by atomic mass is 19.4. The standard InChI is InChI=1S/C19H21F3N2O5/c1-10-14(26)8-16(28-15(10)9-25)29-18-13(17(23-24-18)19(20,21)22)7-11-3-5-12(27-2)6-4-11/h3-6,14-16,25-26H,1,7-9H2,2H3,(H,23,24). The lowest BCUT2D eigenvalue weighted by Gasteiger charge is -2.33. The van der Waals surface area contributed by atoms with Crippen LogP contribution < -0.4 is 9.47 Å². The van der Waals surface area contributed by atoms with E-state index in [0.717, 1.165) is 0 Å². The molecule has 0 aliphatic carbocycles. The van der Waals surface area contributed by atoms with E-state index in [4.69, 9.17) is 14.2 Å². The molecule has 1 aliphatic rings. The maximum atomic E-state index is 13.4. The van der Waals surface area contributed by atoms with E-state index in [-0.39, 0.29) is 29.9 Å². The molecule has 3 atom stereocenters. The van der Waals surface area contributed by atoms with Crippen molar-refractivity contribution >= 4 is 0 Å². The van der Waals surface area contributed by atoms with Crippen molar-refractivity contribution in [1.82, 2.24) is 10.2 Å². The number of aliphatic hydroxyl groups excluding tert-OH is 2. The topological polar surface area (TPSA) is 96.8 Å². The molecule has 3 unspecified atom stereocenters. The van der Waals surface area contributed by atoms with Crippen LogP contribution in [0.15, 0.2) is 36.4 Å². The van der Waals surface area contributed by atoms with Gasteiger partial charge in [0.05, 0.1) is 25.4 Å². The Morgan fingerprint density at radius 3 is 2.59 bits per heavy atom. The quantitative estimate of drug-likeness (QED) is 0.629. The van der Waals surface area contributed by atoms with Gasteiger partial charge in [-0.1, -0.05) is 18.7 Å². The van der Waals surface area contributed by atoms with Crippen LogP contribution in [0.4, 0.5) is 13.2 Å². The number of methoxy groups -OCH3 is 1. The number of H-pyrrole nitrogens is 1. The number of halogens is 3. The predicted molar refractivity (Wildman–Crippen MR) is 95.5 cm³/mol. The minimum Gasteiger partial charge on any atom is -0.497 e. The lowest BCUT2D eigenvalue weighted by Crippen LogP contribution is -2.42. The second-order valence-electron chi connectivity index (χ2n) is 6.59. The number of hydrogen-bond acceptors (Lipinski definition) is 6. The highest BCUT2D eigenvalue weighted by molar-refractivity contribution is 5.39. The number of rotatable bonds is 6. The van der Waals surface area contributed by atoms with Crippen LogP contribution in [0.3, 0.4) is 0 Å². The second kappa shape index (κ2) is 8.44. The molecule has 1 aromatic heterocycles. The van der Waals surface area contributed by atoms with Crippen molar-refractivity contribution in [3.05, 3.63) is 53.2 Å². The smallest absolute Gasteiger partial charge is 0.433 e. The summed E-state index contributed by atoms with van der Waals surface area (Å²) in [5, 5.41) is 25.0. The van der Waals surface area contributed by atoms with E-state index in [9.17, 15) is 23.4 Å². The van der Waals surface area contributed by atoms with Gasteiger partial charge in [-0.15, -0.1) is 5.10 Å². The molecule has 0 spiro atoms. The minimum atomic E-state index is -4.66. The first-order valence-electron chi connectivity index (χ1n) is 8.80. The third-order valence-electron chi connectivity index (χ3n) is 4.63. The van der Waals surface area contributed by atoms with Crippen LogP contribution in [-0.2, 0) is 17.3 Å². The number of aromatic amines is 1. The lowest BCUT2D eigenvalue weighted by molar-refractivity contribution is -0.160. The van der Waals surface area contributed by atoms with E-state index in [1.165, 1.54) is 7.11 Å². The van der Waals surface area contributed by atoms with Gasteiger partial charge in [-0.25, -0.2) is 0 Å². The molecular weight excluding hydrogens is 393 g/mol. The Bertz CT molecular complexity index is 851. The number of nitrogens with one attached hydrogen (secondary N) is 1. The Kier molecular flexibility index (Phi) is 6.15. The average Bonchev–Trinajstić information content (AvgIpc) is 3.07. The van der Waals surface area contributed by atoms with Crippen molar-refractivity contribution in [2.75, 3.05) is 13.7 Å². The molecule has 2 aromatic rings. The average molecular weight is 414 g/mol. The van der Waals surface area contributed by atoms with Crippen LogP contribution >= 0.6 is 0 Å². The van der Waals surface area contributed by atoms with E-state index in [2.05, 4.69) is 11.7 Å². The molecule has 3 rings (SSSR count). The third-order valence-corrected chi connectivity index (χ3v) is 4.63. The van der Waals surface area contributed by atoms with Gasteiger partial charge in [0.2, 0.25) is 12.2 Å². The highest BCUT2D eigenvalue weighted by Gasteiger charge is 2.39. The normalized spacial score (nSPS) is 22.6. The maximum Gasteiger partial charge on any atom is 0.433 e. The third kappa shape index (κ3) is 4.72. The van der Waals surface area contributed by atoms with E-state index < -0.39 is 37.0 Å². The SMILES string of the molecule is C=C1C(O)CC(Oc2n[nH]c(C(F)(F)F)c2Cc2ccc(OC)cc2)OC1CO. The monoisotopic (exact) mass is 414 g/mol. The van der Waals surface area contributed by atoms with Crippen LogP contribution in [0.5, 0.6) is 11.6 Å². The summed E-state index contributed by atoms with van der Waals surface area (Å²) in [7, 11) is 1.49. The summed E-state index contributed by atoms with van der Waals surface area (Å²) in [6.45, 7) is 3.20. The van der Waals surface area contributed by atoms with Gasteiger partial charge in [0.1, 0.15) is 17.5 Å². The Labute approximate surface area is 164 Å². The molecule has 7 nitrogen and oxygen atoms in total. The predicted octanol–water partition coefficient (Wildman–Crippen LogP) is 2.43. The van der Waals surface area contributed by atoms with Crippen molar-refractivity contribution in [2.24, 2.45) is 0 Å². The zero-order chi connectivity index (χ0) is 21.2. The summed E-state index contributed by atoms with van der Waals surface area (Å²) < 4.78 is 56.3.